The number of aliphatic hydroxyl groups excluding tert-OH is 1. The number of allylic oxidation sites excluding steroid dienone is 1. The number of carbonyl (C=O) groups is 1. The first kappa shape index (κ1) is 33.8. The van der Waals surface area contributed by atoms with E-state index >= 15 is 4.39 Å². The van der Waals surface area contributed by atoms with Crippen molar-refractivity contribution < 1.29 is 53.8 Å². The molecule has 1 aliphatic carbocycles. The van der Waals surface area contributed by atoms with E-state index in [2.05, 4.69) is 6.58 Å². The van der Waals surface area contributed by atoms with E-state index in [0.29, 0.717) is 35.3 Å². The smallest absolute Gasteiger partial charge is 0.435 e. The molecule has 5 rings (SSSR count). The van der Waals surface area contributed by atoms with Crippen molar-refractivity contribution in [2.45, 2.75) is 72.2 Å². The minimum Gasteiger partial charge on any atom is -0.513 e. The summed E-state index contributed by atoms with van der Waals surface area (Å²) in [5.41, 5.74) is -7.79. The molecule has 1 N–H and O–H groups in total. The molecule has 3 aliphatic rings. The Morgan fingerprint density at radius 2 is 1.53 bits per heavy atom. The Hall–Kier alpha value is -2.56. The van der Waals surface area contributed by atoms with E-state index in [4.69, 9.17) is 4.74 Å². The minimum absolute atomic E-state index is 0.0199. The number of ether oxygens (including phenoxy) is 1. The van der Waals surface area contributed by atoms with Crippen LogP contribution in [0.25, 0.3) is 0 Å². The van der Waals surface area contributed by atoms with Gasteiger partial charge in [0.15, 0.2) is 9.84 Å². The van der Waals surface area contributed by atoms with Crippen molar-refractivity contribution in [3.05, 3.63) is 69.5 Å². The summed E-state index contributed by atoms with van der Waals surface area (Å²) in [7, 11) is -4.50. The third-order valence-electron chi connectivity index (χ3n) is 9.31. The first-order valence-corrected chi connectivity index (χ1v) is 16.7. The van der Waals surface area contributed by atoms with Gasteiger partial charge in [-0.25, -0.2) is 12.8 Å². The number of sulfone groups is 1. The Labute approximate surface area is 268 Å². The van der Waals surface area contributed by atoms with Gasteiger partial charge in [-0.3, -0.25) is 4.79 Å². The van der Waals surface area contributed by atoms with Gasteiger partial charge in [-0.1, -0.05) is 18.7 Å². The van der Waals surface area contributed by atoms with E-state index in [9.17, 15) is 44.7 Å². The molecule has 2 aromatic carbocycles. The summed E-state index contributed by atoms with van der Waals surface area (Å²) in [4.78, 5) is 15.2. The van der Waals surface area contributed by atoms with Gasteiger partial charge in [0.05, 0.1) is 16.7 Å². The number of piperidine rings is 1. The fraction of sp³-hybridized carbons (Fsp3) is 0.500. The van der Waals surface area contributed by atoms with Gasteiger partial charge >= 0.3 is 18.0 Å². The van der Waals surface area contributed by atoms with Gasteiger partial charge in [-0.05, 0) is 91.4 Å². The monoisotopic (exact) mass is 775 g/mol. The first-order valence-electron chi connectivity index (χ1n) is 14.1. The molecular weight excluding hydrogens is 746 g/mol. The number of aliphatic hydroxyl groups is 1. The van der Waals surface area contributed by atoms with Crippen molar-refractivity contribution in [1.29, 1.82) is 0 Å². The highest BCUT2D eigenvalue weighted by Crippen LogP contribution is 2.57. The zero-order valence-corrected chi connectivity index (χ0v) is 26.6. The molecule has 246 valence electrons. The number of hydrogen-bond donors (Lipinski definition) is 1. The van der Waals surface area contributed by atoms with Crippen molar-refractivity contribution >= 4 is 38.3 Å². The molecule has 0 aromatic heterocycles. The summed E-state index contributed by atoms with van der Waals surface area (Å²) in [5.74, 6) is -1.65. The van der Waals surface area contributed by atoms with Crippen LogP contribution in [0.2, 0.25) is 0 Å². The maximum absolute atomic E-state index is 15.0. The van der Waals surface area contributed by atoms with Crippen molar-refractivity contribution in [1.82, 2.24) is 4.90 Å². The topological polar surface area (TPSA) is 83.9 Å². The number of amides is 1. The summed E-state index contributed by atoms with van der Waals surface area (Å²) >= 11 is 1.97. The highest BCUT2D eigenvalue weighted by molar-refractivity contribution is 14.1. The van der Waals surface area contributed by atoms with Crippen LogP contribution in [0.3, 0.4) is 0 Å². The maximum atomic E-state index is 15.0. The largest absolute Gasteiger partial charge is 0.513 e. The lowest BCUT2D eigenvalue weighted by molar-refractivity contribution is -0.348. The molecule has 2 unspecified atom stereocenters. The Bertz CT molecular complexity index is 1570. The Kier molecular flexibility index (Phi) is 8.71. The molecule has 0 radical (unpaired) electrons. The van der Waals surface area contributed by atoms with Crippen LogP contribution in [0, 0.1) is 15.4 Å². The van der Waals surface area contributed by atoms with Gasteiger partial charge in [0.25, 0.3) is 0 Å². The van der Waals surface area contributed by atoms with Crippen LogP contribution in [-0.2, 0) is 25.0 Å². The van der Waals surface area contributed by atoms with Gasteiger partial charge < -0.3 is 14.7 Å². The lowest BCUT2D eigenvalue weighted by Crippen LogP contribution is -2.64. The lowest BCUT2D eigenvalue weighted by atomic mass is 9.77. The number of benzene rings is 2. The number of halogens is 8. The van der Waals surface area contributed by atoms with E-state index < -0.39 is 62.5 Å². The van der Waals surface area contributed by atoms with Gasteiger partial charge in [0.1, 0.15) is 17.1 Å². The van der Waals surface area contributed by atoms with Crippen molar-refractivity contribution in [2.75, 3.05) is 13.2 Å². The van der Waals surface area contributed by atoms with Crippen LogP contribution in [0.4, 0.5) is 30.7 Å². The molecule has 0 bridgehead atoms. The summed E-state index contributed by atoms with van der Waals surface area (Å²) in [6.45, 7) is 3.14. The maximum Gasteiger partial charge on any atom is 0.435 e. The second-order valence-electron chi connectivity index (χ2n) is 11.7. The molecule has 1 saturated heterocycles. The average molecular weight is 776 g/mol. The molecular formula is C30H29F7INO5S. The summed E-state index contributed by atoms with van der Waals surface area (Å²) in [5, 5.41) is 9.78. The normalized spacial score (nSPS) is 26.0. The highest BCUT2D eigenvalue weighted by atomic mass is 127. The van der Waals surface area contributed by atoms with Gasteiger partial charge in [0, 0.05) is 33.1 Å². The predicted molar refractivity (Wildman–Crippen MR) is 157 cm³/mol. The average Bonchev–Trinajstić information content (AvgIpc) is 2.98. The van der Waals surface area contributed by atoms with Crippen molar-refractivity contribution in [3.63, 3.8) is 0 Å². The van der Waals surface area contributed by atoms with Crippen LogP contribution in [0.5, 0.6) is 5.75 Å². The number of likely N-dealkylation sites (tertiary alicyclic amines) is 1. The summed E-state index contributed by atoms with van der Waals surface area (Å²) in [6, 6.07) is 5.87. The van der Waals surface area contributed by atoms with E-state index in [1.165, 1.54) is 29.2 Å². The molecule has 0 spiro atoms. The van der Waals surface area contributed by atoms with Crippen LogP contribution >= 0.6 is 22.6 Å². The second kappa shape index (κ2) is 11.6. The molecule has 6 nitrogen and oxygen atoms in total. The fourth-order valence-corrected chi connectivity index (χ4v) is 9.64. The van der Waals surface area contributed by atoms with E-state index in [0.717, 1.165) is 6.07 Å². The number of carbonyl (C=O) groups excluding carboxylic acids is 1. The van der Waals surface area contributed by atoms with E-state index in [1.807, 2.05) is 22.6 Å². The van der Waals surface area contributed by atoms with E-state index in [-0.39, 0.29) is 53.5 Å². The third-order valence-corrected chi connectivity index (χ3v) is 12.6. The number of rotatable bonds is 5. The fourth-order valence-electron chi connectivity index (χ4n) is 6.94. The summed E-state index contributed by atoms with van der Waals surface area (Å²) in [6.07, 6.45) is -11.0. The van der Waals surface area contributed by atoms with Crippen LogP contribution < -0.4 is 4.74 Å². The standard InChI is InChI=1S/C30H29F7INO5S/c1-17(40)18-3-5-19(6-4-18)26(41)39-14-2-13-27(45(42,43)22-10-8-21(38)9-11-22)23-12-7-20(15-24(23)44-16-25(27)39)28(31,29(32,33)34)30(35,36)37/h7-12,15,18-19,25,40H,1-6,13-14,16H2/t18-,19-,25?,27?. The predicted octanol–water partition coefficient (Wildman–Crippen LogP) is 7.51. The van der Waals surface area contributed by atoms with Gasteiger partial charge in [-0.2, -0.15) is 26.3 Å². The SMILES string of the molecule is C=C(O)[C@H]1CC[C@H](C(=O)N2CCCC3(S(=O)(=O)c4ccc(I)cc4)c4ccc(C(F)(C(F)(F)F)C(F)(F)F)cc4OCC23)CC1. The quantitative estimate of drug-likeness (QED) is 0.193. The third kappa shape index (κ3) is 5.38. The highest BCUT2D eigenvalue weighted by Gasteiger charge is 2.74. The van der Waals surface area contributed by atoms with Crippen molar-refractivity contribution in [2.24, 2.45) is 11.8 Å². The number of alkyl halides is 7. The molecule has 2 fully saturated rings. The second-order valence-corrected chi connectivity index (χ2v) is 15.2. The van der Waals surface area contributed by atoms with E-state index in [1.54, 1.807) is 0 Å². The zero-order valence-electron chi connectivity index (χ0n) is 23.6. The van der Waals surface area contributed by atoms with Crippen LogP contribution in [-0.4, -0.2) is 55.9 Å². The molecule has 15 heteroatoms. The first-order chi connectivity index (χ1) is 20.9. The van der Waals surface area contributed by atoms with Crippen LogP contribution in [0.15, 0.2) is 59.7 Å². The summed E-state index contributed by atoms with van der Waals surface area (Å²) < 4.78 is 130. The zero-order chi connectivity index (χ0) is 33.2. The molecule has 2 heterocycles. The number of hydrogen-bond acceptors (Lipinski definition) is 5. The minimum atomic E-state index is -6.38. The van der Waals surface area contributed by atoms with Crippen molar-refractivity contribution in [3.8, 4) is 5.75 Å². The molecule has 45 heavy (non-hydrogen) atoms. The Morgan fingerprint density at radius 3 is 2.09 bits per heavy atom. The molecule has 2 aliphatic heterocycles. The molecule has 2 atom stereocenters. The number of nitrogens with zero attached hydrogens (tertiary/aromatic N) is 1. The lowest BCUT2D eigenvalue weighted by Gasteiger charge is -2.52. The van der Waals surface area contributed by atoms with Gasteiger partial charge in [0.2, 0.25) is 5.91 Å². The number of fused-ring (bicyclic) bond motifs is 3. The Balaban J connectivity index is 1.65. The van der Waals surface area contributed by atoms with Crippen LogP contribution in [0.1, 0.15) is 49.7 Å². The Morgan fingerprint density at radius 1 is 0.956 bits per heavy atom. The molecule has 2 aromatic rings. The molecule has 1 amide bonds. The molecule has 1 saturated carbocycles. The van der Waals surface area contributed by atoms with Gasteiger partial charge in [-0.15, -0.1) is 0 Å².